The molecular weight excluding hydrogens is 375 g/mol. The Balaban J connectivity index is 2.27. The van der Waals surface area contributed by atoms with Crippen molar-refractivity contribution in [3.05, 3.63) is 62.9 Å². The Hall–Kier alpha value is -1.88. The molecular formula is C19H20BrFO3. The van der Waals surface area contributed by atoms with E-state index in [9.17, 15) is 9.18 Å². The number of aryl methyl sites for hydroxylation is 2. The maximum absolute atomic E-state index is 13.8. The van der Waals surface area contributed by atoms with Gasteiger partial charge in [0.1, 0.15) is 18.2 Å². The molecule has 2 rings (SSSR count). The average Bonchev–Trinajstić information content (AvgIpc) is 2.49. The molecule has 5 heteroatoms. The lowest BCUT2D eigenvalue weighted by Gasteiger charge is -2.15. The van der Waals surface area contributed by atoms with Crippen LogP contribution in [0, 0.1) is 19.7 Å². The van der Waals surface area contributed by atoms with Crippen molar-refractivity contribution in [2.45, 2.75) is 40.4 Å². The van der Waals surface area contributed by atoms with Gasteiger partial charge in [-0.1, -0.05) is 22.0 Å². The standard InChI is InChI=1S/C19H20BrFO3/c1-11(2)24-19(22)14-6-5-7-16(20)15(14)10-23-18-9-17(21)12(3)8-13(18)4/h5-9,11H,10H2,1-4H3. The van der Waals surface area contributed by atoms with Crippen molar-refractivity contribution in [1.29, 1.82) is 0 Å². The Morgan fingerprint density at radius 3 is 2.58 bits per heavy atom. The summed E-state index contributed by atoms with van der Waals surface area (Å²) in [6.07, 6.45) is -0.210. The molecule has 0 amide bonds. The zero-order valence-electron chi connectivity index (χ0n) is 14.2. The van der Waals surface area contributed by atoms with E-state index < -0.39 is 5.97 Å². The van der Waals surface area contributed by atoms with Gasteiger partial charge in [0, 0.05) is 16.1 Å². The van der Waals surface area contributed by atoms with Gasteiger partial charge in [0.15, 0.2) is 0 Å². The highest BCUT2D eigenvalue weighted by Gasteiger charge is 2.17. The SMILES string of the molecule is Cc1cc(C)c(OCc2c(Br)cccc2C(=O)OC(C)C)cc1F. The molecule has 0 spiro atoms. The van der Waals surface area contributed by atoms with Gasteiger partial charge >= 0.3 is 5.97 Å². The number of carbonyl (C=O) groups excluding carboxylic acids is 1. The first-order valence-corrected chi connectivity index (χ1v) is 8.46. The van der Waals surface area contributed by atoms with Crippen LogP contribution < -0.4 is 4.74 Å². The van der Waals surface area contributed by atoms with E-state index in [4.69, 9.17) is 9.47 Å². The molecule has 0 aliphatic carbocycles. The molecule has 0 unspecified atom stereocenters. The highest BCUT2D eigenvalue weighted by Crippen LogP contribution is 2.27. The highest BCUT2D eigenvalue weighted by atomic mass is 79.9. The molecule has 0 N–H and O–H groups in total. The summed E-state index contributed by atoms with van der Waals surface area (Å²) in [5.41, 5.74) is 2.51. The van der Waals surface area contributed by atoms with Crippen LogP contribution in [0.15, 0.2) is 34.8 Å². The van der Waals surface area contributed by atoms with Gasteiger partial charge in [0.05, 0.1) is 11.7 Å². The van der Waals surface area contributed by atoms with E-state index >= 15 is 0 Å². The molecule has 0 saturated heterocycles. The van der Waals surface area contributed by atoms with E-state index in [0.29, 0.717) is 22.4 Å². The number of hydrogen-bond donors (Lipinski definition) is 0. The van der Waals surface area contributed by atoms with Crippen LogP contribution in [0.4, 0.5) is 4.39 Å². The zero-order chi connectivity index (χ0) is 17.9. The quantitative estimate of drug-likeness (QED) is 0.641. The molecule has 2 aromatic rings. The van der Waals surface area contributed by atoms with Crippen LogP contribution >= 0.6 is 15.9 Å². The summed E-state index contributed by atoms with van der Waals surface area (Å²) in [4.78, 5) is 12.2. The highest BCUT2D eigenvalue weighted by molar-refractivity contribution is 9.10. The van der Waals surface area contributed by atoms with Gasteiger partial charge in [-0.15, -0.1) is 0 Å². The summed E-state index contributed by atoms with van der Waals surface area (Å²) in [7, 11) is 0. The molecule has 0 aliphatic rings. The fourth-order valence-corrected chi connectivity index (χ4v) is 2.77. The Bertz CT molecular complexity index is 757. The third kappa shape index (κ3) is 4.35. The lowest BCUT2D eigenvalue weighted by Crippen LogP contribution is -2.15. The minimum atomic E-state index is -0.406. The van der Waals surface area contributed by atoms with Crippen LogP contribution in [0.25, 0.3) is 0 Å². The Morgan fingerprint density at radius 1 is 1.21 bits per heavy atom. The smallest absolute Gasteiger partial charge is 0.338 e. The van der Waals surface area contributed by atoms with Gasteiger partial charge in [0.25, 0.3) is 0 Å². The van der Waals surface area contributed by atoms with E-state index in [0.717, 1.165) is 10.0 Å². The van der Waals surface area contributed by atoms with Crippen molar-refractivity contribution >= 4 is 21.9 Å². The first kappa shape index (κ1) is 18.5. The lowest BCUT2D eigenvalue weighted by molar-refractivity contribution is 0.0375. The van der Waals surface area contributed by atoms with Gasteiger partial charge in [-0.05, 0) is 57.0 Å². The lowest BCUT2D eigenvalue weighted by atomic mass is 10.1. The molecule has 0 atom stereocenters. The monoisotopic (exact) mass is 394 g/mol. The first-order valence-electron chi connectivity index (χ1n) is 7.67. The molecule has 0 heterocycles. The zero-order valence-corrected chi connectivity index (χ0v) is 15.7. The van der Waals surface area contributed by atoms with E-state index in [2.05, 4.69) is 15.9 Å². The molecule has 2 aromatic carbocycles. The van der Waals surface area contributed by atoms with Gasteiger partial charge < -0.3 is 9.47 Å². The number of halogens is 2. The normalized spacial score (nSPS) is 10.8. The third-order valence-electron chi connectivity index (χ3n) is 3.51. The maximum Gasteiger partial charge on any atom is 0.338 e. The number of benzene rings is 2. The predicted molar refractivity (Wildman–Crippen MR) is 94.9 cm³/mol. The second-order valence-corrected chi connectivity index (χ2v) is 6.73. The molecule has 128 valence electrons. The first-order chi connectivity index (χ1) is 11.3. The van der Waals surface area contributed by atoms with Crippen LogP contribution in [0.3, 0.4) is 0 Å². The van der Waals surface area contributed by atoms with Gasteiger partial charge in [0.2, 0.25) is 0 Å². The minimum absolute atomic E-state index is 0.132. The van der Waals surface area contributed by atoms with Crippen LogP contribution in [-0.4, -0.2) is 12.1 Å². The number of carbonyl (C=O) groups is 1. The molecule has 0 aromatic heterocycles. The molecule has 0 bridgehead atoms. The summed E-state index contributed by atoms with van der Waals surface area (Å²) in [5, 5.41) is 0. The predicted octanol–water partition coefficient (Wildman–Crippen LogP) is 5.35. The second-order valence-electron chi connectivity index (χ2n) is 5.88. The molecule has 0 fully saturated rings. The van der Waals surface area contributed by atoms with Gasteiger partial charge in [-0.2, -0.15) is 0 Å². The topological polar surface area (TPSA) is 35.5 Å². The third-order valence-corrected chi connectivity index (χ3v) is 4.25. The van der Waals surface area contributed by atoms with Crippen molar-refractivity contribution < 1.29 is 18.7 Å². The van der Waals surface area contributed by atoms with E-state index in [1.807, 2.05) is 13.0 Å². The summed E-state index contributed by atoms with van der Waals surface area (Å²) in [6, 6.07) is 8.39. The summed E-state index contributed by atoms with van der Waals surface area (Å²) in [5.74, 6) is -0.268. The average molecular weight is 395 g/mol. The van der Waals surface area contributed by atoms with Crippen LogP contribution in [0.5, 0.6) is 5.75 Å². The summed E-state index contributed by atoms with van der Waals surface area (Å²) in [6.45, 7) is 7.29. The van der Waals surface area contributed by atoms with Crippen LogP contribution in [0.1, 0.15) is 40.9 Å². The Labute approximate surface area is 149 Å². The summed E-state index contributed by atoms with van der Waals surface area (Å²) >= 11 is 3.44. The fraction of sp³-hybridized carbons (Fsp3) is 0.316. The Kier molecular flexibility index (Phi) is 5.99. The number of ether oxygens (including phenoxy) is 2. The largest absolute Gasteiger partial charge is 0.488 e. The Morgan fingerprint density at radius 2 is 1.92 bits per heavy atom. The van der Waals surface area contributed by atoms with Gasteiger partial charge in [-0.25, -0.2) is 9.18 Å². The summed E-state index contributed by atoms with van der Waals surface area (Å²) < 4.78 is 25.5. The molecule has 24 heavy (non-hydrogen) atoms. The van der Waals surface area contributed by atoms with E-state index in [-0.39, 0.29) is 18.5 Å². The molecule has 0 aliphatic heterocycles. The van der Waals surface area contributed by atoms with Crippen molar-refractivity contribution in [2.24, 2.45) is 0 Å². The van der Waals surface area contributed by atoms with Crippen molar-refractivity contribution in [2.75, 3.05) is 0 Å². The number of hydrogen-bond acceptors (Lipinski definition) is 3. The van der Waals surface area contributed by atoms with Crippen molar-refractivity contribution in [3.63, 3.8) is 0 Å². The molecule has 0 radical (unpaired) electrons. The van der Waals surface area contributed by atoms with Crippen LogP contribution in [-0.2, 0) is 11.3 Å². The van der Waals surface area contributed by atoms with E-state index in [1.54, 1.807) is 39.0 Å². The molecule has 0 saturated carbocycles. The second kappa shape index (κ2) is 7.79. The van der Waals surface area contributed by atoms with Gasteiger partial charge in [-0.3, -0.25) is 0 Å². The van der Waals surface area contributed by atoms with Crippen LogP contribution in [0.2, 0.25) is 0 Å². The maximum atomic E-state index is 13.8. The molecule has 3 nitrogen and oxygen atoms in total. The minimum Gasteiger partial charge on any atom is -0.488 e. The fourth-order valence-electron chi connectivity index (χ4n) is 2.29. The number of esters is 1. The van der Waals surface area contributed by atoms with Crippen molar-refractivity contribution in [1.82, 2.24) is 0 Å². The van der Waals surface area contributed by atoms with Crippen molar-refractivity contribution in [3.8, 4) is 5.75 Å². The number of rotatable bonds is 5. The van der Waals surface area contributed by atoms with E-state index in [1.165, 1.54) is 6.07 Å².